The van der Waals surface area contributed by atoms with Crippen LogP contribution in [0.2, 0.25) is 0 Å². The monoisotopic (exact) mass is 495 g/mol. The number of aryl methyl sites for hydroxylation is 1. The zero-order valence-electron chi connectivity index (χ0n) is 19.4. The van der Waals surface area contributed by atoms with Crippen molar-refractivity contribution in [1.82, 2.24) is 9.29 Å². The molecule has 3 atom stereocenters. The van der Waals surface area contributed by atoms with Crippen LogP contribution in [0.15, 0.2) is 59.6 Å². The number of benzene rings is 2. The molecule has 10 heteroatoms. The van der Waals surface area contributed by atoms with Gasteiger partial charge in [0.05, 0.1) is 23.2 Å². The van der Waals surface area contributed by atoms with Crippen LogP contribution in [0.25, 0.3) is 0 Å². The summed E-state index contributed by atoms with van der Waals surface area (Å²) in [5, 5.41) is 11.7. The Morgan fingerprint density at radius 2 is 2.11 bits per heavy atom. The van der Waals surface area contributed by atoms with E-state index in [1.54, 1.807) is 17.7 Å². The van der Waals surface area contributed by atoms with Crippen LogP contribution in [-0.4, -0.2) is 26.8 Å². The zero-order valence-corrected chi connectivity index (χ0v) is 20.2. The minimum absolute atomic E-state index is 0.181. The quantitative estimate of drug-likeness (QED) is 0.476. The van der Waals surface area contributed by atoms with E-state index < -0.39 is 21.6 Å². The summed E-state index contributed by atoms with van der Waals surface area (Å²) in [6, 6.07) is 14.8. The number of nitrogens with one attached hydrogen (secondary N) is 3. The average Bonchev–Trinajstić information content (AvgIpc) is 3.12. The van der Waals surface area contributed by atoms with Crippen molar-refractivity contribution in [2.24, 2.45) is 7.05 Å². The Kier molecular flexibility index (Phi) is 7.03. The van der Waals surface area contributed by atoms with Crippen LogP contribution in [0.1, 0.15) is 40.5 Å². The molecule has 1 amide bonds. The Bertz CT molecular complexity index is 1400. The van der Waals surface area contributed by atoms with Crippen molar-refractivity contribution in [2.75, 3.05) is 5.32 Å². The maximum Gasteiger partial charge on any atom is 0.272 e. The lowest BCUT2D eigenvalue weighted by atomic mass is 10.0. The van der Waals surface area contributed by atoms with Gasteiger partial charge in [-0.1, -0.05) is 30.3 Å². The molecule has 0 bridgehead atoms. The number of rotatable bonds is 6. The first kappa shape index (κ1) is 24.6. The van der Waals surface area contributed by atoms with E-state index in [1.807, 2.05) is 37.3 Å². The van der Waals surface area contributed by atoms with Crippen LogP contribution >= 0.6 is 0 Å². The van der Waals surface area contributed by atoms with Crippen LogP contribution in [0.4, 0.5) is 10.1 Å². The predicted molar refractivity (Wildman–Crippen MR) is 130 cm³/mol. The number of anilines is 1. The van der Waals surface area contributed by atoms with Crippen molar-refractivity contribution in [1.29, 1.82) is 10.0 Å². The molecule has 0 fully saturated rings. The van der Waals surface area contributed by atoms with Gasteiger partial charge in [-0.2, -0.15) is 5.26 Å². The molecule has 4 rings (SSSR count). The van der Waals surface area contributed by atoms with Gasteiger partial charge in [-0.05, 0) is 43.5 Å². The maximum absolute atomic E-state index is 13.6. The first-order chi connectivity index (χ1) is 16.7. The smallest absolute Gasteiger partial charge is 0.272 e. The van der Waals surface area contributed by atoms with Gasteiger partial charge in [-0.25, -0.2) is 18.1 Å². The lowest BCUT2D eigenvalue weighted by molar-refractivity contribution is 0.0308. The van der Waals surface area contributed by atoms with Gasteiger partial charge in [0, 0.05) is 30.5 Å². The Morgan fingerprint density at radius 3 is 2.83 bits per heavy atom. The summed E-state index contributed by atoms with van der Waals surface area (Å²) < 4.78 is 46.1. The molecule has 35 heavy (non-hydrogen) atoms. The molecule has 2 heterocycles. The van der Waals surface area contributed by atoms with E-state index in [1.165, 1.54) is 18.3 Å². The fourth-order valence-electron chi connectivity index (χ4n) is 4.20. The zero-order chi connectivity index (χ0) is 25.2. The summed E-state index contributed by atoms with van der Waals surface area (Å²) in [6.07, 6.45) is 2.15. The van der Waals surface area contributed by atoms with Gasteiger partial charge in [0.2, 0.25) is 0 Å². The number of ether oxygens (including phenoxy) is 1. The van der Waals surface area contributed by atoms with Gasteiger partial charge in [0.25, 0.3) is 5.91 Å². The van der Waals surface area contributed by atoms with E-state index in [9.17, 15) is 13.4 Å². The number of amides is 1. The largest absolute Gasteiger partial charge is 0.372 e. The number of nitrogens with zero attached hydrogens (tertiary/aromatic N) is 2. The van der Waals surface area contributed by atoms with Crippen LogP contribution in [0, 0.1) is 21.9 Å². The summed E-state index contributed by atoms with van der Waals surface area (Å²) in [5.41, 5.74) is 1.89. The molecule has 1 aromatic heterocycles. The van der Waals surface area contributed by atoms with Gasteiger partial charge < -0.3 is 14.6 Å². The molecular weight excluding hydrogens is 469 g/mol. The van der Waals surface area contributed by atoms with Gasteiger partial charge in [-0.3, -0.25) is 4.79 Å². The van der Waals surface area contributed by atoms with Crippen LogP contribution in [-0.2, 0) is 34.7 Å². The van der Waals surface area contributed by atoms with E-state index in [-0.39, 0.29) is 34.0 Å². The first-order valence-electron chi connectivity index (χ1n) is 11.1. The SMILES string of the molecule is C[C@@H](OCc1ccccc1)C1CCc2c(cn(C)c2C(=O)Nc2ccc(F)c(C#N)c2)S(=N)(=O)N1. The van der Waals surface area contributed by atoms with Crippen molar-refractivity contribution < 1.29 is 18.1 Å². The van der Waals surface area contributed by atoms with Gasteiger partial charge in [-0.15, -0.1) is 0 Å². The highest BCUT2D eigenvalue weighted by Gasteiger charge is 2.33. The fourth-order valence-corrected chi connectivity index (χ4v) is 5.91. The van der Waals surface area contributed by atoms with E-state index in [4.69, 9.17) is 14.8 Å². The molecule has 182 valence electrons. The minimum Gasteiger partial charge on any atom is -0.372 e. The van der Waals surface area contributed by atoms with Crippen molar-refractivity contribution in [3.63, 3.8) is 0 Å². The molecule has 2 unspecified atom stereocenters. The normalized spacial score (nSPS) is 20.3. The van der Waals surface area contributed by atoms with Crippen molar-refractivity contribution >= 4 is 21.5 Å². The third-order valence-electron chi connectivity index (χ3n) is 6.06. The highest BCUT2D eigenvalue weighted by molar-refractivity contribution is 7.90. The third kappa shape index (κ3) is 5.27. The summed E-state index contributed by atoms with van der Waals surface area (Å²) in [5.74, 6) is -1.17. The minimum atomic E-state index is -3.40. The Balaban J connectivity index is 1.54. The number of halogens is 1. The molecule has 1 aliphatic rings. The standard InChI is InChI=1S/C25H26FN5O3S/c1-16(34-15-17-6-4-3-5-7-17)22-11-9-20-23(35(28,33)30-22)14-31(2)24(20)25(32)29-19-8-10-21(26)18(12-19)13-27/h3-8,10,12,14,16,22H,9,11,15H2,1-2H3,(H,29,32)(H2,28,30,33)/t16-,22?,35?/m1/s1. The maximum atomic E-state index is 13.6. The second-order valence-electron chi connectivity index (χ2n) is 8.51. The fraction of sp³-hybridized carbons (Fsp3) is 0.280. The van der Waals surface area contributed by atoms with Gasteiger partial charge in [0.1, 0.15) is 27.5 Å². The second-order valence-corrected chi connectivity index (χ2v) is 10.3. The highest BCUT2D eigenvalue weighted by Crippen LogP contribution is 2.29. The Labute approximate surface area is 203 Å². The third-order valence-corrected chi connectivity index (χ3v) is 7.67. The number of carbonyl (C=O) groups excluding carboxylic acids is 1. The van der Waals surface area contributed by atoms with Crippen molar-refractivity contribution in [3.05, 3.63) is 82.9 Å². The van der Waals surface area contributed by atoms with Crippen LogP contribution in [0.5, 0.6) is 0 Å². The Morgan fingerprint density at radius 1 is 1.37 bits per heavy atom. The molecule has 0 radical (unpaired) electrons. The van der Waals surface area contributed by atoms with E-state index in [0.717, 1.165) is 11.6 Å². The molecule has 3 N–H and O–H groups in total. The molecule has 2 aromatic carbocycles. The van der Waals surface area contributed by atoms with Crippen molar-refractivity contribution in [3.8, 4) is 6.07 Å². The summed E-state index contributed by atoms with van der Waals surface area (Å²) in [7, 11) is -1.76. The van der Waals surface area contributed by atoms with E-state index >= 15 is 0 Å². The summed E-state index contributed by atoms with van der Waals surface area (Å²) >= 11 is 0. The molecular formula is C25H26FN5O3S. The molecule has 0 aliphatic carbocycles. The first-order valence-corrected chi connectivity index (χ1v) is 12.7. The number of aromatic nitrogens is 1. The van der Waals surface area contributed by atoms with E-state index in [0.29, 0.717) is 25.0 Å². The van der Waals surface area contributed by atoms with Gasteiger partial charge in [0.15, 0.2) is 0 Å². The Hall–Kier alpha value is -3.52. The van der Waals surface area contributed by atoms with E-state index in [2.05, 4.69) is 10.0 Å². The van der Waals surface area contributed by atoms with Gasteiger partial charge >= 0.3 is 0 Å². The molecule has 3 aromatic rings. The molecule has 0 saturated heterocycles. The number of hydrogen-bond acceptors (Lipinski definition) is 5. The molecule has 1 aliphatic heterocycles. The molecule has 0 spiro atoms. The van der Waals surface area contributed by atoms with Crippen LogP contribution in [0.3, 0.4) is 0 Å². The second kappa shape index (κ2) is 10.00. The topological polar surface area (TPSA) is 120 Å². The highest BCUT2D eigenvalue weighted by atomic mass is 32.2. The average molecular weight is 496 g/mol. The van der Waals surface area contributed by atoms with Crippen molar-refractivity contribution in [2.45, 2.75) is 43.4 Å². The predicted octanol–water partition coefficient (Wildman–Crippen LogP) is 4.12. The summed E-state index contributed by atoms with van der Waals surface area (Å²) in [4.78, 5) is 13.4. The number of hydrogen-bond donors (Lipinski definition) is 3. The number of fused-ring (bicyclic) bond motifs is 1. The summed E-state index contributed by atoms with van der Waals surface area (Å²) in [6.45, 7) is 2.27. The number of nitriles is 1. The lowest BCUT2D eigenvalue weighted by Gasteiger charge is -2.24. The lowest BCUT2D eigenvalue weighted by Crippen LogP contribution is -2.41. The van der Waals surface area contributed by atoms with Crippen LogP contribution < -0.4 is 10.0 Å². The molecule has 0 saturated carbocycles. The molecule has 8 nitrogen and oxygen atoms in total. The number of carbonyl (C=O) groups is 1.